The lowest BCUT2D eigenvalue weighted by atomic mass is 10.4. The van der Waals surface area contributed by atoms with Gasteiger partial charge in [0.2, 0.25) is 0 Å². The maximum atomic E-state index is 11.3. The van der Waals surface area contributed by atoms with Gasteiger partial charge in [0.1, 0.15) is 16.9 Å². The van der Waals surface area contributed by atoms with Crippen LogP contribution in [0, 0.1) is 12.3 Å². The van der Waals surface area contributed by atoms with Gasteiger partial charge in [0.25, 0.3) is 5.56 Å². The van der Waals surface area contributed by atoms with Crippen molar-refractivity contribution in [1.82, 2.24) is 19.5 Å². The Balaban J connectivity index is 3.09. The number of hydrogen-bond acceptors (Lipinski definition) is 4. The third-order valence-corrected chi connectivity index (χ3v) is 2.00. The molecule has 0 spiro atoms. The highest BCUT2D eigenvalue weighted by Crippen LogP contribution is 1.98. The van der Waals surface area contributed by atoms with E-state index in [1.807, 2.05) is 0 Å². The number of rotatable bonds is 0. The molecule has 2 aromatic rings. The number of aryl methyl sites for hydroxylation is 2. The molecule has 72 valence electrons. The Kier molecular flexibility index (Phi) is 1.70. The van der Waals surface area contributed by atoms with Crippen LogP contribution >= 0.6 is 0 Å². The van der Waals surface area contributed by atoms with Crippen molar-refractivity contribution in [3.63, 3.8) is 0 Å². The fourth-order valence-corrected chi connectivity index (χ4v) is 1.21. The van der Waals surface area contributed by atoms with E-state index >= 15 is 0 Å². The molecule has 14 heavy (non-hydrogen) atoms. The summed E-state index contributed by atoms with van der Waals surface area (Å²) < 4.78 is 1.63. The van der Waals surface area contributed by atoms with Crippen molar-refractivity contribution >= 4 is 11.2 Å². The van der Waals surface area contributed by atoms with E-state index in [9.17, 15) is 4.79 Å². The van der Waals surface area contributed by atoms with Crippen molar-refractivity contribution in [3.05, 3.63) is 27.9 Å². The van der Waals surface area contributed by atoms with Crippen LogP contribution in [0.25, 0.3) is 11.2 Å². The zero-order valence-corrected chi connectivity index (χ0v) is 7.83. The van der Waals surface area contributed by atoms with Gasteiger partial charge in [0, 0.05) is 7.05 Å². The summed E-state index contributed by atoms with van der Waals surface area (Å²) in [6.07, 6.45) is 1.47. The molecule has 0 aliphatic carbocycles. The molecule has 0 atom stereocenters. The van der Waals surface area contributed by atoms with E-state index < -0.39 is 0 Å². The Bertz CT molecular complexity index is 609. The molecular weight excluding hydrogens is 182 g/mol. The minimum Gasteiger partial charge on any atom is -0.320 e. The van der Waals surface area contributed by atoms with Gasteiger partial charge in [-0.1, -0.05) is 0 Å². The van der Waals surface area contributed by atoms with E-state index in [4.69, 9.17) is 5.41 Å². The molecule has 0 unspecified atom stereocenters. The topological polar surface area (TPSA) is 87.4 Å². The molecule has 0 aromatic carbocycles. The van der Waals surface area contributed by atoms with Gasteiger partial charge in [-0.15, -0.1) is 0 Å². The molecule has 6 heteroatoms. The minimum absolute atomic E-state index is 0.0671. The second kappa shape index (κ2) is 2.76. The first kappa shape index (κ1) is 8.61. The second-order valence-corrected chi connectivity index (χ2v) is 3.05. The molecular formula is C8H9N5O. The maximum absolute atomic E-state index is 11.3. The van der Waals surface area contributed by atoms with Crippen LogP contribution < -0.4 is 11.0 Å². The van der Waals surface area contributed by atoms with Crippen LogP contribution in [0.3, 0.4) is 0 Å². The number of H-pyrrole nitrogens is 1. The minimum atomic E-state index is -0.237. The lowest BCUT2D eigenvalue weighted by molar-refractivity contribution is 0.856. The monoisotopic (exact) mass is 191 g/mol. The van der Waals surface area contributed by atoms with Crippen molar-refractivity contribution < 1.29 is 0 Å². The van der Waals surface area contributed by atoms with Gasteiger partial charge in [0.05, 0.1) is 6.33 Å². The fraction of sp³-hybridized carbons (Fsp3) is 0.250. The summed E-state index contributed by atoms with van der Waals surface area (Å²) in [6, 6.07) is 0. The molecule has 2 aromatic heterocycles. The molecule has 0 radical (unpaired) electrons. The molecule has 6 nitrogen and oxygen atoms in total. The SMILES string of the molecule is Cc1nc2c(=N)ncn(C)c2[nH]c1=O. The molecule has 0 saturated carbocycles. The van der Waals surface area contributed by atoms with Gasteiger partial charge in [0.15, 0.2) is 5.49 Å². The number of fused-ring (bicyclic) bond motifs is 1. The first-order chi connectivity index (χ1) is 6.59. The molecule has 2 N–H and O–H groups in total. The predicted octanol–water partition coefficient (Wildman–Crippen LogP) is -0.556. The smallest absolute Gasteiger partial charge is 0.270 e. The molecule has 0 aliphatic heterocycles. The van der Waals surface area contributed by atoms with Gasteiger partial charge >= 0.3 is 0 Å². The van der Waals surface area contributed by atoms with Crippen LogP contribution in [0.2, 0.25) is 0 Å². The summed E-state index contributed by atoms with van der Waals surface area (Å²) in [5.74, 6) is 0. The van der Waals surface area contributed by atoms with Crippen molar-refractivity contribution in [2.75, 3.05) is 0 Å². The van der Waals surface area contributed by atoms with Crippen molar-refractivity contribution in [2.45, 2.75) is 6.92 Å². The van der Waals surface area contributed by atoms with Crippen molar-refractivity contribution in [2.24, 2.45) is 7.05 Å². The lowest BCUT2D eigenvalue weighted by Crippen LogP contribution is -2.20. The molecule has 0 aliphatic rings. The molecule has 0 fully saturated rings. The normalized spacial score (nSPS) is 10.7. The zero-order valence-electron chi connectivity index (χ0n) is 7.83. The Hall–Kier alpha value is -1.98. The van der Waals surface area contributed by atoms with E-state index in [-0.39, 0.29) is 11.0 Å². The van der Waals surface area contributed by atoms with Crippen LogP contribution in [0.5, 0.6) is 0 Å². The van der Waals surface area contributed by atoms with Crippen LogP contribution in [0.4, 0.5) is 0 Å². The van der Waals surface area contributed by atoms with Crippen LogP contribution in [-0.4, -0.2) is 19.5 Å². The number of nitrogens with one attached hydrogen (secondary N) is 2. The molecule has 2 heterocycles. The number of hydrogen-bond donors (Lipinski definition) is 2. The Labute approximate surface area is 78.8 Å². The maximum Gasteiger partial charge on any atom is 0.270 e. The Morgan fingerprint density at radius 2 is 2.29 bits per heavy atom. The molecule has 0 amide bonds. The highest BCUT2D eigenvalue weighted by molar-refractivity contribution is 5.67. The van der Waals surface area contributed by atoms with Gasteiger partial charge in [-0.2, -0.15) is 0 Å². The highest BCUT2D eigenvalue weighted by atomic mass is 16.1. The third kappa shape index (κ3) is 1.12. The van der Waals surface area contributed by atoms with Crippen LogP contribution in [0.1, 0.15) is 5.69 Å². The van der Waals surface area contributed by atoms with Gasteiger partial charge in [-0.3, -0.25) is 10.2 Å². The van der Waals surface area contributed by atoms with Crippen molar-refractivity contribution in [1.29, 1.82) is 5.41 Å². The summed E-state index contributed by atoms with van der Waals surface area (Å²) >= 11 is 0. The van der Waals surface area contributed by atoms with E-state index in [1.165, 1.54) is 6.33 Å². The summed E-state index contributed by atoms with van der Waals surface area (Å²) in [5.41, 5.74) is 1.10. The molecule has 0 bridgehead atoms. The molecule has 0 saturated heterocycles. The van der Waals surface area contributed by atoms with Crippen LogP contribution in [-0.2, 0) is 7.05 Å². The Morgan fingerprint density at radius 1 is 1.57 bits per heavy atom. The predicted molar refractivity (Wildman–Crippen MR) is 49.7 cm³/mol. The van der Waals surface area contributed by atoms with Gasteiger partial charge in [-0.05, 0) is 6.92 Å². The quantitative estimate of drug-likeness (QED) is 0.585. The van der Waals surface area contributed by atoms with E-state index in [0.29, 0.717) is 16.9 Å². The van der Waals surface area contributed by atoms with E-state index in [0.717, 1.165) is 0 Å². The summed E-state index contributed by atoms with van der Waals surface area (Å²) in [4.78, 5) is 21.8. The number of nitrogens with zero attached hydrogens (tertiary/aromatic N) is 3. The second-order valence-electron chi connectivity index (χ2n) is 3.05. The van der Waals surface area contributed by atoms with E-state index in [2.05, 4.69) is 15.0 Å². The van der Waals surface area contributed by atoms with Gasteiger partial charge in [-0.25, -0.2) is 9.97 Å². The van der Waals surface area contributed by atoms with Gasteiger partial charge < -0.3 is 9.55 Å². The van der Waals surface area contributed by atoms with Crippen molar-refractivity contribution in [3.8, 4) is 0 Å². The Morgan fingerprint density at radius 3 is 3.00 bits per heavy atom. The summed E-state index contributed by atoms with van der Waals surface area (Å²) in [5, 5.41) is 7.52. The standard InChI is InChI=1S/C8H9N5O/c1-4-8(14)12-7-5(11-4)6(9)10-3-13(7)2/h3,9H,1-2H3,(H,12,14). The zero-order chi connectivity index (χ0) is 10.3. The number of aromatic nitrogens is 4. The average molecular weight is 191 g/mol. The highest BCUT2D eigenvalue weighted by Gasteiger charge is 2.04. The first-order valence-electron chi connectivity index (χ1n) is 4.06. The van der Waals surface area contributed by atoms with E-state index in [1.54, 1.807) is 18.5 Å². The third-order valence-electron chi connectivity index (χ3n) is 2.00. The largest absolute Gasteiger partial charge is 0.320 e. The summed E-state index contributed by atoms with van der Waals surface area (Å²) in [7, 11) is 1.74. The fourth-order valence-electron chi connectivity index (χ4n) is 1.21. The lowest BCUT2D eigenvalue weighted by Gasteiger charge is -2.03. The average Bonchev–Trinajstić information content (AvgIpc) is 2.15. The first-order valence-corrected chi connectivity index (χ1v) is 4.06. The number of aromatic amines is 1. The summed E-state index contributed by atoms with van der Waals surface area (Å²) in [6.45, 7) is 1.60. The molecule has 2 rings (SSSR count). The van der Waals surface area contributed by atoms with Crippen LogP contribution in [0.15, 0.2) is 11.1 Å².